The van der Waals surface area contributed by atoms with Gasteiger partial charge in [-0.1, -0.05) is 23.7 Å². The molecular weight excluding hydrogens is 418 g/mol. The summed E-state index contributed by atoms with van der Waals surface area (Å²) in [5.41, 5.74) is 6.12. The molecule has 0 unspecified atom stereocenters. The minimum Gasteiger partial charge on any atom is -0.365 e. The number of benzene rings is 1. The molecule has 10 heteroatoms. The number of aromatic nitrogens is 2. The molecule has 0 atom stereocenters. The highest BCUT2D eigenvalue weighted by Gasteiger charge is 2.18. The summed E-state index contributed by atoms with van der Waals surface area (Å²) in [5.74, 6) is -0.884. The number of carbonyl (C=O) groups excluding carboxylic acids is 2. The molecular formula is C18H14ClN5O2S2. The molecule has 1 aromatic carbocycles. The second-order valence-corrected chi connectivity index (χ2v) is 7.28. The van der Waals surface area contributed by atoms with Gasteiger partial charge in [0.05, 0.1) is 11.9 Å². The summed E-state index contributed by atoms with van der Waals surface area (Å²) in [7, 11) is 0. The lowest BCUT2D eigenvalue weighted by Crippen LogP contribution is -2.34. The monoisotopic (exact) mass is 431 g/mol. The van der Waals surface area contributed by atoms with E-state index in [1.165, 1.54) is 28.3 Å². The van der Waals surface area contributed by atoms with E-state index in [9.17, 15) is 9.59 Å². The van der Waals surface area contributed by atoms with E-state index in [1.807, 2.05) is 17.5 Å². The van der Waals surface area contributed by atoms with Crippen LogP contribution in [0.1, 0.15) is 15.2 Å². The maximum absolute atomic E-state index is 12.0. The number of carbonyl (C=O) groups is 2. The molecule has 0 aliphatic carbocycles. The van der Waals surface area contributed by atoms with Crippen LogP contribution >= 0.6 is 35.2 Å². The summed E-state index contributed by atoms with van der Waals surface area (Å²) < 4.78 is 1.42. The highest BCUT2D eigenvalue weighted by molar-refractivity contribution is 7.80. The molecule has 3 rings (SSSR count). The van der Waals surface area contributed by atoms with Crippen molar-refractivity contribution in [2.24, 2.45) is 5.73 Å². The quantitative estimate of drug-likeness (QED) is 0.425. The number of amides is 2. The van der Waals surface area contributed by atoms with Gasteiger partial charge in [0.15, 0.2) is 5.11 Å². The zero-order valence-electron chi connectivity index (χ0n) is 14.3. The Labute approximate surface area is 174 Å². The van der Waals surface area contributed by atoms with Crippen molar-refractivity contribution in [1.82, 2.24) is 15.1 Å². The van der Waals surface area contributed by atoms with Gasteiger partial charge in [-0.3, -0.25) is 14.9 Å². The Balaban J connectivity index is 1.78. The molecule has 0 radical (unpaired) electrons. The number of primary amides is 1. The van der Waals surface area contributed by atoms with Crippen LogP contribution in [0.4, 0.5) is 5.82 Å². The first-order valence-electron chi connectivity index (χ1n) is 7.91. The van der Waals surface area contributed by atoms with Gasteiger partial charge in [-0.25, -0.2) is 4.68 Å². The van der Waals surface area contributed by atoms with Gasteiger partial charge in [0, 0.05) is 16.0 Å². The summed E-state index contributed by atoms with van der Waals surface area (Å²) in [6.45, 7) is 0. The van der Waals surface area contributed by atoms with Crippen molar-refractivity contribution in [1.29, 1.82) is 0 Å². The second-order valence-electron chi connectivity index (χ2n) is 5.45. The fourth-order valence-corrected chi connectivity index (χ4v) is 3.29. The van der Waals surface area contributed by atoms with E-state index in [-0.39, 0.29) is 16.5 Å². The van der Waals surface area contributed by atoms with Crippen LogP contribution in [0.15, 0.2) is 54.1 Å². The smallest absolute Gasteiger partial charge is 0.254 e. The Kier molecular flexibility index (Phi) is 6.19. The summed E-state index contributed by atoms with van der Waals surface area (Å²) in [4.78, 5) is 24.7. The fraction of sp³-hybridized carbons (Fsp3) is 0. The van der Waals surface area contributed by atoms with Gasteiger partial charge in [0.25, 0.3) is 5.91 Å². The summed E-state index contributed by atoms with van der Waals surface area (Å²) in [6, 6.07) is 10.6. The average molecular weight is 432 g/mol. The fourth-order valence-electron chi connectivity index (χ4n) is 2.29. The summed E-state index contributed by atoms with van der Waals surface area (Å²) in [6.07, 6.45) is 4.35. The molecule has 0 aliphatic rings. The standard InChI is InChI=1S/C18H14ClN5O2S2/c19-11-3-1-4-12(9-11)24-17(14(10-21-24)16(20)26)23-18(27)22-15(25)7-6-13-5-2-8-28-13/h1-10H,(H2,20,26)(H2,22,23,25,27)/b7-6-. The van der Waals surface area contributed by atoms with Crippen LogP contribution in [-0.4, -0.2) is 26.7 Å². The van der Waals surface area contributed by atoms with Gasteiger partial charge >= 0.3 is 0 Å². The first-order valence-corrected chi connectivity index (χ1v) is 9.58. The molecule has 4 N–H and O–H groups in total. The SMILES string of the molecule is NC(=O)c1cnn(-c2cccc(Cl)c2)c1NC(=S)NC(=O)/C=C\c1cccs1. The first kappa shape index (κ1) is 19.7. The third kappa shape index (κ3) is 4.83. The Hall–Kier alpha value is -3.01. The number of nitrogens with one attached hydrogen (secondary N) is 2. The molecule has 0 aliphatic heterocycles. The number of thiophene rings is 1. The number of thiocarbonyl (C=S) groups is 1. The molecule has 3 aromatic rings. The lowest BCUT2D eigenvalue weighted by atomic mass is 10.3. The van der Waals surface area contributed by atoms with E-state index in [0.717, 1.165) is 4.88 Å². The number of nitrogens with two attached hydrogens (primary N) is 1. The van der Waals surface area contributed by atoms with Crippen molar-refractivity contribution in [3.05, 3.63) is 69.5 Å². The highest BCUT2D eigenvalue weighted by atomic mass is 35.5. The normalized spacial score (nSPS) is 10.8. The van der Waals surface area contributed by atoms with Crippen LogP contribution in [0, 0.1) is 0 Å². The van der Waals surface area contributed by atoms with Gasteiger partial charge in [0.2, 0.25) is 5.91 Å². The highest BCUT2D eigenvalue weighted by Crippen LogP contribution is 2.22. The minimum atomic E-state index is -0.692. The van der Waals surface area contributed by atoms with E-state index >= 15 is 0 Å². The molecule has 0 bridgehead atoms. The molecule has 0 saturated heterocycles. The molecule has 2 heterocycles. The molecule has 0 saturated carbocycles. The third-order valence-corrected chi connectivity index (χ3v) is 4.78. The topological polar surface area (TPSA) is 102 Å². The Morgan fingerprint density at radius 1 is 1.29 bits per heavy atom. The average Bonchev–Trinajstić information content (AvgIpc) is 3.29. The maximum atomic E-state index is 12.0. The van der Waals surface area contributed by atoms with Crippen LogP contribution in [-0.2, 0) is 4.79 Å². The predicted molar refractivity (Wildman–Crippen MR) is 115 cm³/mol. The van der Waals surface area contributed by atoms with Crippen molar-refractivity contribution >= 4 is 64.0 Å². The zero-order chi connectivity index (χ0) is 20.1. The molecule has 2 amide bonds. The number of hydrogen-bond acceptors (Lipinski definition) is 5. The number of hydrogen-bond donors (Lipinski definition) is 3. The van der Waals surface area contributed by atoms with Gasteiger partial charge < -0.3 is 11.1 Å². The van der Waals surface area contributed by atoms with E-state index in [4.69, 9.17) is 29.6 Å². The summed E-state index contributed by atoms with van der Waals surface area (Å²) >= 11 is 12.7. The number of halogens is 1. The van der Waals surface area contributed by atoms with E-state index in [2.05, 4.69) is 15.7 Å². The second kappa shape index (κ2) is 8.79. The molecule has 0 spiro atoms. The molecule has 2 aromatic heterocycles. The lowest BCUT2D eigenvalue weighted by molar-refractivity contribution is -0.115. The number of anilines is 1. The van der Waals surface area contributed by atoms with Crippen LogP contribution in [0.5, 0.6) is 0 Å². The first-order chi connectivity index (χ1) is 13.4. The van der Waals surface area contributed by atoms with Crippen molar-refractivity contribution in [2.75, 3.05) is 5.32 Å². The van der Waals surface area contributed by atoms with Crippen LogP contribution in [0.2, 0.25) is 5.02 Å². The Bertz CT molecular complexity index is 1060. The molecule has 142 valence electrons. The molecule has 0 fully saturated rings. The Morgan fingerprint density at radius 2 is 2.11 bits per heavy atom. The number of rotatable bonds is 5. The van der Waals surface area contributed by atoms with Crippen molar-refractivity contribution in [3.8, 4) is 5.69 Å². The van der Waals surface area contributed by atoms with E-state index in [1.54, 1.807) is 30.3 Å². The van der Waals surface area contributed by atoms with Crippen molar-refractivity contribution in [2.45, 2.75) is 0 Å². The van der Waals surface area contributed by atoms with Gasteiger partial charge in [-0.2, -0.15) is 5.10 Å². The van der Waals surface area contributed by atoms with Gasteiger partial charge in [-0.15, -0.1) is 11.3 Å². The zero-order valence-corrected chi connectivity index (χ0v) is 16.6. The van der Waals surface area contributed by atoms with Crippen LogP contribution in [0.3, 0.4) is 0 Å². The number of nitrogens with zero attached hydrogens (tertiary/aromatic N) is 2. The minimum absolute atomic E-state index is 0.00731. The van der Waals surface area contributed by atoms with E-state index in [0.29, 0.717) is 10.7 Å². The van der Waals surface area contributed by atoms with Crippen molar-refractivity contribution in [3.63, 3.8) is 0 Å². The van der Waals surface area contributed by atoms with Crippen LogP contribution in [0.25, 0.3) is 11.8 Å². The molecule has 7 nitrogen and oxygen atoms in total. The van der Waals surface area contributed by atoms with Gasteiger partial charge in [0.1, 0.15) is 11.4 Å². The maximum Gasteiger partial charge on any atom is 0.254 e. The third-order valence-electron chi connectivity index (χ3n) is 3.50. The predicted octanol–water partition coefficient (Wildman–Crippen LogP) is 3.21. The van der Waals surface area contributed by atoms with Gasteiger partial charge in [-0.05, 0) is 47.9 Å². The lowest BCUT2D eigenvalue weighted by Gasteiger charge is -2.12. The Morgan fingerprint density at radius 3 is 2.79 bits per heavy atom. The molecule has 28 heavy (non-hydrogen) atoms. The van der Waals surface area contributed by atoms with Crippen LogP contribution < -0.4 is 16.4 Å². The largest absolute Gasteiger partial charge is 0.365 e. The summed E-state index contributed by atoms with van der Waals surface area (Å²) in [5, 5.41) is 11.9. The van der Waals surface area contributed by atoms with Crippen molar-refractivity contribution < 1.29 is 9.59 Å². The van der Waals surface area contributed by atoms with E-state index < -0.39 is 11.8 Å².